The van der Waals surface area contributed by atoms with E-state index in [0.29, 0.717) is 11.6 Å². The standard InChI is InChI=1S/C15H19N3OS/c16-15-17-14(19)13(20-15)10-11-4-6-12(7-5-11)18-8-2-1-3-9-18/h4-7,13H,1-3,8-10H2,(H2,16,17,19). The maximum Gasteiger partial charge on any atom is 0.261 e. The van der Waals surface area contributed by atoms with Crippen molar-refractivity contribution in [1.29, 1.82) is 0 Å². The highest BCUT2D eigenvalue weighted by Crippen LogP contribution is 2.25. The van der Waals surface area contributed by atoms with Crippen molar-refractivity contribution in [2.24, 2.45) is 10.7 Å². The molecule has 2 aliphatic heterocycles. The molecule has 1 unspecified atom stereocenters. The van der Waals surface area contributed by atoms with Crippen molar-refractivity contribution in [2.75, 3.05) is 18.0 Å². The Morgan fingerprint density at radius 1 is 1.20 bits per heavy atom. The first-order chi connectivity index (χ1) is 9.72. The fraction of sp³-hybridized carbons (Fsp3) is 0.467. The van der Waals surface area contributed by atoms with E-state index in [1.807, 2.05) is 0 Å². The summed E-state index contributed by atoms with van der Waals surface area (Å²) in [6.07, 6.45) is 4.61. The third-order valence-electron chi connectivity index (χ3n) is 3.84. The maximum absolute atomic E-state index is 11.6. The number of nitrogens with zero attached hydrogens (tertiary/aromatic N) is 2. The molecule has 5 heteroatoms. The second kappa shape index (κ2) is 5.87. The minimum absolute atomic E-state index is 0.104. The molecule has 1 amide bonds. The van der Waals surface area contributed by atoms with Crippen molar-refractivity contribution in [3.8, 4) is 0 Å². The van der Waals surface area contributed by atoms with Gasteiger partial charge in [-0.2, -0.15) is 4.99 Å². The number of piperidine rings is 1. The minimum Gasteiger partial charge on any atom is -0.378 e. The van der Waals surface area contributed by atoms with Crippen LogP contribution in [0.5, 0.6) is 0 Å². The molecule has 0 saturated carbocycles. The second-order valence-corrected chi connectivity index (χ2v) is 6.54. The molecule has 0 aliphatic carbocycles. The molecule has 1 atom stereocenters. The lowest BCUT2D eigenvalue weighted by Gasteiger charge is -2.28. The number of rotatable bonds is 3. The summed E-state index contributed by atoms with van der Waals surface area (Å²) in [5.41, 5.74) is 8.03. The van der Waals surface area contributed by atoms with Gasteiger partial charge in [-0.3, -0.25) is 4.79 Å². The van der Waals surface area contributed by atoms with Gasteiger partial charge >= 0.3 is 0 Å². The number of thioether (sulfide) groups is 1. The van der Waals surface area contributed by atoms with Crippen molar-refractivity contribution < 1.29 is 4.79 Å². The average Bonchev–Trinajstić information content (AvgIpc) is 2.79. The normalized spacial score (nSPS) is 23.0. The summed E-state index contributed by atoms with van der Waals surface area (Å²) in [6.45, 7) is 2.31. The lowest BCUT2D eigenvalue weighted by molar-refractivity contribution is -0.117. The van der Waals surface area contributed by atoms with Crippen LogP contribution in [0.2, 0.25) is 0 Å². The monoisotopic (exact) mass is 289 g/mol. The van der Waals surface area contributed by atoms with E-state index in [-0.39, 0.29) is 11.2 Å². The summed E-state index contributed by atoms with van der Waals surface area (Å²) in [5, 5.41) is 0.251. The Bertz CT molecular complexity index is 520. The Morgan fingerprint density at radius 2 is 1.90 bits per heavy atom. The van der Waals surface area contributed by atoms with Gasteiger partial charge < -0.3 is 10.6 Å². The maximum atomic E-state index is 11.6. The summed E-state index contributed by atoms with van der Waals surface area (Å²) >= 11 is 1.37. The molecule has 1 aromatic carbocycles. The van der Waals surface area contributed by atoms with E-state index >= 15 is 0 Å². The number of amides is 1. The molecule has 106 valence electrons. The van der Waals surface area contributed by atoms with Gasteiger partial charge in [-0.1, -0.05) is 23.9 Å². The lowest BCUT2D eigenvalue weighted by Crippen LogP contribution is -2.29. The van der Waals surface area contributed by atoms with Crippen molar-refractivity contribution in [3.63, 3.8) is 0 Å². The summed E-state index contributed by atoms with van der Waals surface area (Å²) < 4.78 is 0. The average molecular weight is 289 g/mol. The molecular formula is C15H19N3OS. The highest BCUT2D eigenvalue weighted by Gasteiger charge is 2.26. The van der Waals surface area contributed by atoms with Crippen LogP contribution in [0.1, 0.15) is 24.8 Å². The van der Waals surface area contributed by atoms with Gasteiger partial charge in [0.15, 0.2) is 5.17 Å². The van der Waals surface area contributed by atoms with Crippen LogP contribution in [0.25, 0.3) is 0 Å². The molecule has 2 heterocycles. The Morgan fingerprint density at radius 3 is 2.50 bits per heavy atom. The van der Waals surface area contributed by atoms with Crippen molar-refractivity contribution >= 4 is 28.5 Å². The third-order valence-corrected chi connectivity index (χ3v) is 4.82. The summed E-state index contributed by atoms with van der Waals surface area (Å²) in [4.78, 5) is 17.8. The zero-order chi connectivity index (χ0) is 13.9. The molecule has 20 heavy (non-hydrogen) atoms. The van der Waals surface area contributed by atoms with Crippen LogP contribution in [0.3, 0.4) is 0 Å². The number of carbonyl (C=O) groups excluding carboxylic acids is 1. The van der Waals surface area contributed by atoms with E-state index in [1.165, 1.54) is 42.3 Å². The van der Waals surface area contributed by atoms with Crippen molar-refractivity contribution in [2.45, 2.75) is 30.9 Å². The fourth-order valence-electron chi connectivity index (χ4n) is 2.74. The number of hydrogen-bond donors (Lipinski definition) is 1. The smallest absolute Gasteiger partial charge is 0.261 e. The number of hydrogen-bond acceptors (Lipinski definition) is 4. The number of carbonyl (C=O) groups is 1. The zero-order valence-corrected chi connectivity index (χ0v) is 12.2. The van der Waals surface area contributed by atoms with E-state index < -0.39 is 0 Å². The molecule has 0 radical (unpaired) electrons. The fourth-order valence-corrected chi connectivity index (χ4v) is 3.60. The first-order valence-electron chi connectivity index (χ1n) is 7.11. The van der Waals surface area contributed by atoms with Gasteiger partial charge in [0, 0.05) is 18.8 Å². The van der Waals surface area contributed by atoms with Crippen LogP contribution in [0, 0.1) is 0 Å². The van der Waals surface area contributed by atoms with E-state index in [2.05, 4.69) is 34.2 Å². The predicted octanol–water partition coefficient (Wildman–Crippen LogP) is 2.18. The first kappa shape index (κ1) is 13.5. The molecule has 1 fully saturated rings. The second-order valence-electron chi connectivity index (χ2n) is 5.31. The molecule has 1 aromatic rings. The van der Waals surface area contributed by atoms with Crippen LogP contribution < -0.4 is 10.6 Å². The largest absolute Gasteiger partial charge is 0.378 e. The number of amidine groups is 1. The van der Waals surface area contributed by atoms with Crippen molar-refractivity contribution in [3.05, 3.63) is 29.8 Å². The minimum atomic E-state index is -0.143. The molecule has 1 saturated heterocycles. The summed E-state index contributed by atoms with van der Waals surface area (Å²) in [7, 11) is 0. The topological polar surface area (TPSA) is 58.7 Å². The first-order valence-corrected chi connectivity index (χ1v) is 7.99. The molecule has 2 aliphatic rings. The molecule has 0 bridgehead atoms. The Kier molecular flexibility index (Phi) is 3.96. The van der Waals surface area contributed by atoms with E-state index in [9.17, 15) is 4.79 Å². The number of anilines is 1. The van der Waals surface area contributed by atoms with E-state index in [1.54, 1.807) is 0 Å². The Hall–Kier alpha value is -1.49. The third kappa shape index (κ3) is 2.98. The van der Waals surface area contributed by atoms with Gasteiger partial charge in [-0.25, -0.2) is 0 Å². The Labute approximate surface area is 123 Å². The highest BCUT2D eigenvalue weighted by atomic mass is 32.2. The van der Waals surface area contributed by atoms with Crippen LogP contribution in [-0.4, -0.2) is 29.4 Å². The SMILES string of the molecule is NC1=NC(=O)C(Cc2ccc(N3CCCCC3)cc2)S1. The molecule has 0 spiro atoms. The molecule has 3 rings (SSSR count). The number of aliphatic imine (C=N–C) groups is 1. The summed E-state index contributed by atoms with van der Waals surface area (Å²) in [6, 6.07) is 8.56. The predicted molar refractivity (Wildman–Crippen MR) is 84.2 cm³/mol. The number of benzene rings is 1. The lowest BCUT2D eigenvalue weighted by atomic mass is 10.1. The van der Waals surface area contributed by atoms with Crippen molar-refractivity contribution in [1.82, 2.24) is 0 Å². The zero-order valence-electron chi connectivity index (χ0n) is 11.4. The van der Waals surface area contributed by atoms with Gasteiger partial charge in [-0.05, 0) is 43.4 Å². The van der Waals surface area contributed by atoms with E-state index in [0.717, 1.165) is 13.1 Å². The molecule has 0 aromatic heterocycles. The van der Waals surface area contributed by atoms with Gasteiger partial charge in [-0.15, -0.1) is 0 Å². The summed E-state index contributed by atoms with van der Waals surface area (Å²) in [5.74, 6) is -0.104. The number of nitrogens with two attached hydrogens (primary N) is 1. The molecule has 4 nitrogen and oxygen atoms in total. The van der Waals surface area contributed by atoms with Gasteiger partial charge in [0.2, 0.25) is 0 Å². The molecule has 2 N–H and O–H groups in total. The highest BCUT2D eigenvalue weighted by molar-refractivity contribution is 8.15. The molecular weight excluding hydrogens is 270 g/mol. The van der Waals surface area contributed by atoms with Crippen LogP contribution in [-0.2, 0) is 11.2 Å². The van der Waals surface area contributed by atoms with Gasteiger partial charge in [0.1, 0.15) is 0 Å². The Balaban J connectivity index is 1.63. The van der Waals surface area contributed by atoms with Gasteiger partial charge in [0.05, 0.1) is 5.25 Å². The van der Waals surface area contributed by atoms with Crippen LogP contribution in [0.4, 0.5) is 5.69 Å². The van der Waals surface area contributed by atoms with Gasteiger partial charge in [0.25, 0.3) is 5.91 Å². The van der Waals surface area contributed by atoms with E-state index in [4.69, 9.17) is 5.73 Å². The quantitative estimate of drug-likeness (QED) is 0.926. The van der Waals surface area contributed by atoms with Crippen LogP contribution >= 0.6 is 11.8 Å². The van der Waals surface area contributed by atoms with Crippen LogP contribution in [0.15, 0.2) is 29.3 Å².